The molecular weight excluding hydrogens is 428 g/mol. The molecule has 0 aromatic heterocycles. The molecule has 0 spiro atoms. The highest BCUT2D eigenvalue weighted by Crippen LogP contribution is 2.31. The Morgan fingerprint density at radius 2 is 1.71 bits per heavy atom. The smallest absolute Gasteiger partial charge is 0.436 e. The van der Waals surface area contributed by atoms with Gasteiger partial charge in [-0.1, -0.05) is 24.6 Å². The molecule has 0 saturated heterocycles. The zero-order chi connectivity index (χ0) is 22.8. The van der Waals surface area contributed by atoms with Crippen molar-refractivity contribution in [3.63, 3.8) is 0 Å². The third-order valence-electron chi connectivity index (χ3n) is 3.65. The quantitative estimate of drug-likeness (QED) is 0.457. The minimum Gasteiger partial charge on any atom is -0.457 e. The van der Waals surface area contributed by atoms with Gasteiger partial charge in [-0.2, -0.15) is 0 Å². The molecule has 0 aliphatic rings. The number of alkyl carbamates (subject to hydrolysis) is 1. The molecule has 2 aromatic carbocycles. The Bertz CT molecular complexity index is 995. The summed E-state index contributed by atoms with van der Waals surface area (Å²) in [5.74, 6) is 0.333. The highest BCUT2D eigenvalue weighted by atomic mass is 35.5. The molecule has 0 saturated carbocycles. The summed E-state index contributed by atoms with van der Waals surface area (Å²) in [5.41, 5.74) is 0.634. The summed E-state index contributed by atoms with van der Waals surface area (Å²) < 4.78 is 14.8. The number of carbonyl (C=O) groups excluding carboxylic acids is 3. The number of nitrogens with zero attached hydrogens (tertiary/aromatic N) is 1. The Kier molecular flexibility index (Phi) is 8.64. The van der Waals surface area contributed by atoms with Crippen LogP contribution in [0.1, 0.15) is 13.3 Å². The molecule has 31 heavy (non-hydrogen) atoms. The van der Waals surface area contributed by atoms with E-state index in [2.05, 4.69) is 30.4 Å². The molecule has 2 rings (SSSR count). The van der Waals surface area contributed by atoms with Crippen LogP contribution in [-0.4, -0.2) is 38.3 Å². The fourth-order valence-corrected chi connectivity index (χ4v) is 2.38. The van der Waals surface area contributed by atoms with Crippen LogP contribution in [0.5, 0.6) is 11.5 Å². The van der Waals surface area contributed by atoms with Crippen LogP contribution in [0, 0.1) is 0 Å². The summed E-state index contributed by atoms with van der Waals surface area (Å²) in [6.07, 6.45) is -1.60. The molecule has 0 atom stereocenters. The van der Waals surface area contributed by atoms with E-state index < -0.39 is 12.2 Å². The van der Waals surface area contributed by atoms with E-state index >= 15 is 0 Å². The Balaban J connectivity index is 2.40. The average Bonchev–Trinajstić information content (AvgIpc) is 2.75. The maximum Gasteiger partial charge on any atom is 0.436 e. The van der Waals surface area contributed by atoms with Gasteiger partial charge in [0.05, 0.1) is 25.6 Å². The largest absolute Gasteiger partial charge is 0.457 e. The molecule has 2 aromatic rings. The van der Waals surface area contributed by atoms with Crippen molar-refractivity contribution in [2.45, 2.75) is 13.3 Å². The zero-order valence-electron chi connectivity index (χ0n) is 17.0. The second-order valence-corrected chi connectivity index (χ2v) is 6.28. The molecule has 0 unspecified atom stereocenters. The van der Waals surface area contributed by atoms with Crippen LogP contribution in [0.2, 0.25) is 5.02 Å². The third-order valence-corrected chi connectivity index (χ3v) is 3.89. The van der Waals surface area contributed by atoms with E-state index in [0.717, 1.165) is 14.2 Å². The van der Waals surface area contributed by atoms with Gasteiger partial charge in [0, 0.05) is 17.5 Å². The van der Waals surface area contributed by atoms with Crippen LogP contribution >= 0.6 is 11.6 Å². The number of halogens is 1. The van der Waals surface area contributed by atoms with Crippen molar-refractivity contribution in [2.75, 3.05) is 24.9 Å². The first kappa shape index (κ1) is 23.5. The van der Waals surface area contributed by atoms with Crippen molar-refractivity contribution in [3.8, 4) is 11.5 Å². The summed E-state index contributed by atoms with van der Waals surface area (Å²) in [5, 5.41) is 8.22. The monoisotopic (exact) mass is 448 g/mol. The first-order chi connectivity index (χ1) is 14.8. The maximum atomic E-state index is 11.9. The van der Waals surface area contributed by atoms with Crippen LogP contribution in [0.15, 0.2) is 47.5 Å². The van der Waals surface area contributed by atoms with Crippen molar-refractivity contribution in [1.82, 2.24) is 5.32 Å². The fraction of sp³-hybridized carbons (Fsp3) is 0.200. The molecule has 0 radical (unpaired) electrons. The fourth-order valence-electron chi connectivity index (χ4n) is 2.20. The van der Waals surface area contributed by atoms with E-state index in [0.29, 0.717) is 22.2 Å². The lowest BCUT2D eigenvalue weighted by Crippen LogP contribution is -2.36. The Morgan fingerprint density at radius 1 is 0.968 bits per heavy atom. The number of amides is 3. The van der Waals surface area contributed by atoms with Crippen molar-refractivity contribution < 1.29 is 28.6 Å². The van der Waals surface area contributed by atoms with E-state index in [4.69, 9.17) is 16.3 Å². The van der Waals surface area contributed by atoms with Crippen molar-refractivity contribution in [1.29, 1.82) is 0 Å². The van der Waals surface area contributed by atoms with Gasteiger partial charge in [-0.3, -0.25) is 10.1 Å². The Hall–Kier alpha value is -3.79. The predicted octanol–water partition coefficient (Wildman–Crippen LogP) is 4.37. The van der Waals surface area contributed by atoms with Crippen molar-refractivity contribution in [2.24, 2.45) is 4.99 Å². The number of hydrogen-bond donors (Lipinski definition) is 3. The van der Waals surface area contributed by atoms with Gasteiger partial charge in [-0.25, -0.2) is 9.59 Å². The van der Waals surface area contributed by atoms with Gasteiger partial charge in [0.1, 0.15) is 11.5 Å². The van der Waals surface area contributed by atoms with Gasteiger partial charge in [0.2, 0.25) is 11.9 Å². The molecule has 10 nitrogen and oxygen atoms in total. The average molecular weight is 449 g/mol. The standard InChI is InChI=1S/C20H21ClN4O6/c1-4-17(26)22-15-9-8-14(31-13-7-5-6-12(21)10-13)11-16(15)23-18(24-19(27)29-2)25-20(28)30-3/h5-11H,4H2,1-3H3,(H,22,26)(H2,23,24,25,27,28). The normalized spacial score (nSPS) is 10.6. The van der Waals surface area contributed by atoms with Crippen molar-refractivity contribution in [3.05, 3.63) is 47.5 Å². The molecule has 164 valence electrons. The maximum absolute atomic E-state index is 11.9. The molecular formula is C20H21ClN4O6. The number of guanidine groups is 1. The van der Waals surface area contributed by atoms with Gasteiger partial charge in [0.15, 0.2) is 0 Å². The number of rotatable bonds is 5. The summed E-state index contributed by atoms with van der Waals surface area (Å²) in [6.45, 7) is 1.70. The van der Waals surface area contributed by atoms with Crippen LogP contribution < -0.4 is 20.7 Å². The number of nitrogens with one attached hydrogen (secondary N) is 3. The highest BCUT2D eigenvalue weighted by molar-refractivity contribution is 6.30. The predicted molar refractivity (Wildman–Crippen MR) is 116 cm³/mol. The van der Waals surface area contributed by atoms with Crippen LogP contribution in [0.4, 0.5) is 21.0 Å². The summed E-state index contributed by atoms with van der Waals surface area (Å²) in [7, 11) is 2.28. The number of hydrogen-bond acceptors (Lipinski definition) is 6. The second kappa shape index (κ2) is 11.4. The summed E-state index contributed by atoms with van der Waals surface area (Å²) in [4.78, 5) is 38.7. The number of carbonyl (C=O) groups is 3. The third kappa shape index (κ3) is 7.52. The Morgan fingerprint density at radius 3 is 2.35 bits per heavy atom. The zero-order valence-corrected chi connectivity index (χ0v) is 17.8. The first-order valence-corrected chi connectivity index (χ1v) is 9.38. The van der Waals surface area contributed by atoms with Crippen LogP contribution in [-0.2, 0) is 14.3 Å². The molecule has 0 aliphatic carbocycles. The molecule has 0 bridgehead atoms. The van der Waals surface area contributed by atoms with Crippen LogP contribution in [0.25, 0.3) is 0 Å². The van der Waals surface area contributed by atoms with E-state index in [1.54, 1.807) is 43.3 Å². The first-order valence-electron chi connectivity index (χ1n) is 9.00. The number of methoxy groups -OCH3 is 2. The summed E-state index contributed by atoms with van der Waals surface area (Å²) >= 11 is 5.98. The topological polar surface area (TPSA) is 127 Å². The summed E-state index contributed by atoms with van der Waals surface area (Å²) in [6, 6.07) is 11.5. The van der Waals surface area contributed by atoms with E-state index in [1.807, 2.05) is 0 Å². The van der Waals surface area contributed by atoms with Gasteiger partial charge in [0.25, 0.3) is 0 Å². The number of aliphatic imine (C=N–C) groups is 1. The van der Waals surface area contributed by atoms with Gasteiger partial charge < -0.3 is 24.8 Å². The SMILES string of the molecule is CCC(=O)Nc1ccc(Oc2cccc(Cl)c2)cc1NC(=NC(=O)OC)NC(=O)OC. The molecule has 11 heteroatoms. The van der Waals surface area contributed by atoms with Gasteiger partial charge in [-0.05, 0) is 30.3 Å². The Labute approximate surface area is 183 Å². The lowest BCUT2D eigenvalue weighted by molar-refractivity contribution is -0.115. The second-order valence-electron chi connectivity index (χ2n) is 5.84. The number of benzene rings is 2. The minimum atomic E-state index is -0.968. The minimum absolute atomic E-state index is 0.240. The highest BCUT2D eigenvalue weighted by Gasteiger charge is 2.14. The van der Waals surface area contributed by atoms with Gasteiger partial charge >= 0.3 is 12.2 Å². The number of anilines is 2. The van der Waals surface area contributed by atoms with Crippen LogP contribution in [0.3, 0.4) is 0 Å². The molecule has 3 amide bonds. The van der Waals surface area contributed by atoms with E-state index in [-0.39, 0.29) is 24.0 Å². The lowest BCUT2D eigenvalue weighted by Gasteiger charge is -2.16. The van der Waals surface area contributed by atoms with Gasteiger partial charge in [-0.15, -0.1) is 4.99 Å². The number of ether oxygens (including phenoxy) is 3. The lowest BCUT2D eigenvalue weighted by atomic mass is 10.2. The molecule has 0 heterocycles. The molecule has 0 fully saturated rings. The van der Waals surface area contributed by atoms with Crippen molar-refractivity contribution >= 4 is 47.0 Å². The van der Waals surface area contributed by atoms with E-state index in [9.17, 15) is 14.4 Å². The molecule has 3 N–H and O–H groups in total. The molecule has 0 aliphatic heterocycles. The van der Waals surface area contributed by atoms with E-state index in [1.165, 1.54) is 6.07 Å².